The summed E-state index contributed by atoms with van der Waals surface area (Å²) in [5.41, 5.74) is 4.17. The third kappa shape index (κ3) is 6.42. The second-order valence-corrected chi connectivity index (χ2v) is 12.9. The molecule has 0 heterocycles. The number of benzene rings is 4. The first-order valence-corrected chi connectivity index (χ1v) is 14.8. The Morgan fingerprint density at radius 2 is 0.524 bits per heavy atom. The van der Waals surface area contributed by atoms with E-state index in [1.165, 1.54) is 0 Å². The molecule has 0 aliphatic rings. The maximum Gasteiger partial charge on any atom is 0.404 e. The molecule has 0 N–H and O–H groups in total. The summed E-state index contributed by atoms with van der Waals surface area (Å²) in [5, 5.41) is 0. The van der Waals surface area contributed by atoms with Crippen LogP contribution in [-0.2, 0) is 0 Å². The van der Waals surface area contributed by atoms with Crippen molar-refractivity contribution in [2.75, 3.05) is 75.3 Å². The summed E-state index contributed by atoms with van der Waals surface area (Å²) in [6.45, 7) is 0. The van der Waals surface area contributed by atoms with E-state index in [-0.39, 0.29) is 24.0 Å². The molecule has 0 aliphatic carbocycles. The molecule has 0 atom stereocenters. The predicted octanol–water partition coefficient (Wildman–Crippen LogP) is 4.25. The van der Waals surface area contributed by atoms with E-state index >= 15 is 0 Å². The van der Waals surface area contributed by atoms with Gasteiger partial charge in [0.15, 0.2) is 0 Å². The molecule has 0 amide bonds. The smallest absolute Gasteiger partial charge is 0.404 e. The number of hydrogen-bond acceptors (Lipinski definition) is 8. The minimum absolute atomic E-state index is 0. The van der Waals surface area contributed by atoms with Crippen molar-refractivity contribution >= 4 is 30.6 Å². The fourth-order valence-electron chi connectivity index (χ4n) is 5.02. The van der Waals surface area contributed by atoms with Crippen LogP contribution in [0.4, 0.5) is 22.7 Å². The number of anilines is 4. The van der Waals surface area contributed by atoms with Gasteiger partial charge in [-0.2, -0.15) is 18.7 Å². The highest BCUT2D eigenvalue weighted by atomic mass is 127. The Morgan fingerprint density at radius 1 is 0.357 bits per heavy atom. The third-order valence-electron chi connectivity index (χ3n) is 7.39. The largest absolute Gasteiger partial charge is 1.00 e. The zero-order chi connectivity index (χ0) is 29.6. The van der Waals surface area contributed by atoms with Crippen LogP contribution in [0.5, 0.6) is 23.0 Å². The Labute approximate surface area is 267 Å². The summed E-state index contributed by atoms with van der Waals surface area (Å²) in [6, 6.07) is 32.7. The Hall–Kier alpha value is -3.56. The van der Waals surface area contributed by atoms with Crippen molar-refractivity contribution in [3.05, 3.63) is 97.1 Å². The Balaban J connectivity index is 0.00000484. The van der Waals surface area contributed by atoms with Gasteiger partial charge in [0.05, 0.1) is 51.2 Å². The maximum atomic E-state index is 5.47. The minimum Gasteiger partial charge on any atom is -1.00 e. The average Bonchev–Trinajstić information content (AvgIpc) is 3.04. The highest BCUT2D eigenvalue weighted by Gasteiger charge is 2.59. The molecular formula is C32H40IN4O4P. The van der Waals surface area contributed by atoms with Crippen molar-refractivity contribution in [3.8, 4) is 23.0 Å². The van der Waals surface area contributed by atoms with Gasteiger partial charge in [0.1, 0.15) is 23.0 Å². The fourth-order valence-corrected chi connectivity index (χ4v) is 9.21. The summed E-state index contributed by atoms with van der Waals surface area (Å²) in [7, 11) is 12.7. The first-order chi connectivity index (χ1) is 19.8. The number of halogens is 1. The van der Waals surface area contributed by atoms with Crippen LogP contribution in [0.3, 0.4) is 0 Å². The quantitative estimate of drug-likeness (QED) is 0.161. The summed E-state index contributed by atoms with van der Waals surface area (Å²) in [6.07, 6.45) is 0. The Kier molecular flexibility index (Phi) is 11.4. The molecule has 0 aliphatic heterocycles. The SMILES string of the molecule is COc1ccc(N(C)[P+](N(C)c2ccc(OC)cc2)(N(C)c2ccc(OC)cc2)N(C)c2ccc(OC)cc2)cc1.[I-]. The predicted molar refractivity (Wildman–Crippen MR) is 173 cm³/mol. The molecule has 4 aromatic rings. The lowest BCUT2D eigenvalue weighted by Crippen LogP contribution is -3.00. The highest BCUT2D eigenvalue weighted by molar-refractivity contribution is 7.81. The van der Waals surface area contributed by atoms with E-state index in [0.717, 1.165) is 45.7 Å². The molecule has 10 heteroatoms. The number of ether oxygens (including phenoxy) is 4. The Bertz CT molecular complexity index is 1170. The van der Waals surface area contributed by atoms with E-state index in [0.29, 0.717) is 0 Å². The van der Waals surface area contributed by atoms with Gasteiger partial charge in [-0.1, -0.05) is 0 Å². The first kappa shape index (κ1) is 32.9. The Morgan fingerprint density at radius 3 is 0.667 bits per heavy atom. The van der Waals surface area contributed by atoms with Gasteiger partial charge >= 0.3 is 7.87 Å². The molecule has 0 unspecified atom stereocenters. The molecule has 224 valence electrons. The molecule has 42 heavy (non-hydrogen) atoms. The zero-order valence-corrected chi connectivity index (χ0v) is 28.5. The van der Waals surface area contributed by atoms with Crippen molar-refractivity contribution in [2.24, 2.45) is 0 Å². The van der Waals surface area contributed by atoms with Gasteiger partial charge in [0.25, 0.3) is 0 Å². The van der Waals surface area contributed by atoms with E-state index in [9.17, 15) is 0 Å². The van der Waals surface area contributed by atoms with E-state index in [1.54, 1.807) is 28.4 Å². The number of rotatable bonds is 12. The van der Waals surface area contributed by atoms with E-state index in [2.05, 4.69) is 95.4 Å². The van der Waals surface area contributed by atoms with Crippen molar-refractivity contribution < 1.29 is 42.9 Å². The lowest BCUT2D eigenvalue weighted by molar-refractivity contribution is -0.00000952. The lowest BCUT2D eigenvalue weighted by atomic mass is 10.3. The fraction of sp³-hybridized carbons (Fsp3) is 0.250. The van der Waals surface area contributed by atoms with Crippen LogP contribution >= 0.6 is 7.87 Å². The molecule has 0 aromatic heterocycles. The van der Waals surface area contributed by atoms with Gasteiger partial charge in [0, 0.05) is 28.2 Å². The lowest BCUT2D eigenvalue weighted by Gasteiger charge is -2.49. The van der Waals surface area contributed by atoms with Crippen molar-refractivity contribution in [1.82, 2.24) is 0 Å². The highest BCUT2D eigenvalue weighted by Crippen LogP contribution is 2.71. The van der Waals surface area contributed by atoms with Gasteiger partial charge in [-0.15, -0.1) is 0 Å². The van der Waals surface area contributed by atoms with Crippen LogP contribution in [-0.4, -0.2) is 56.6 Å². The van der Waals surface area contributed by atoms with Crippen LogP contribution in [0.1, 0.15) is 0 Å². The topological polar surface area (TPSA) is 49.9 Å². The van der Waals surface area contributed by atoms with Crippen molar-refractivity contribution in [1.29, 1.82) is 0 Å². The van der Waals surface area contributed by atoms with Gasteiger partial charge in [-0.05, 0) is 97.1 Å². The number of methoxy groups -OCH3 is 4. The first-order valence-electron chi connectivity index (χ1n) is 13.2. The van der Waals surface area contributed by atoms with Crippen LogP contribution in [0.15, 0.2) is 97.1 Å². The van der Waals surface area contributed by atoms with Crippen LogP contribution in [0, 0.1) is 0 Å². The summed E-state index contributed by atoms with van der Waals surface area (Å²) in [5.74, 6) is 3.23. The molecule has 0 saturated carbocycles. The summed E-state index contributed by atoms with van der Waals surface area (Å²) >= 11 is 0. The van der Waals surface area contributed by atoms with Crippen LogP contribution in [0.2, 0.25) is 0 Å². The number of hydrogen-bond donors (Lipinski definition) is 0. The third-order valence-corrected chi connectivity index (χ3v) is 11.5. The molecule has 4 rings (SSSR count). The monoisotopic (exact) mass is 702 g/mol. The van der Waals surface area contributed by atoms with Gasteiger partial charge in [-0.3, -0.25) is 0 Å². The molecule has 0 radical (unpaired) electrons. The van der Waals surface area contributed by atoms with Crippen LogP contribution in [0.25, 0.3) is 0 Å². The standard InChI is InChI=1S/C32H40N4O4P.HI/c1-33(25-9-17-29(37-5)18-10-25)41(34(2)26-11-19-30(38-6)20-12-26,35(3)27-13-21-31(39-7)22-14-27)36(4)28-15-23-32(40-8)24-16-28;/h9-24H,1-8H3;1H/q+1;/p-1. The maximum absolute atomic E-state index is 5.47. The van der Waals surface area contributed by atoms with E-state index < -0.39 is 7.87 Å². The molecule has 0 fully saturated rings. The van der Waals surface area contributed by atoms with Gasteiger partial charge < -0.3 is 42.9 Å². The second-order valence-electron chi connectivity index (χ2n) is 9.42. The van der Waals surface area contributed by atoms with Crippen molar-refractivity contribution in [2.45, 2.75) is 0 Å². The van der Waals surface area contributed by atoms with Gasteiger partial charge in [-0.25, -0.2) is 0 Å². The molecule has 0 saturated heterocycles. The van der Waals surface area contributed by atoms with Crippen LogP contribution < -0.4 is 61.6 Å². The van der Waals surface area contributed by atoms with Crippen molar-refractivity contribution in [3.63, 3.8) is 0 Å². The molecule has 8 nitrogen and oxygen atoms in total. The minimum atomic E-state index is -2.67. The second kappa shape index (κ2) is 14.6. The molecule has 0 spiro atoms. The zero-order valence-electron chi connectivity index (χ0n) is 25.5. The molecule has 4 aromatic carbocycles. The summed E-state index contributed by atoms with van der Waals surface area (Å²) < 4.78 is 31.4. The van der Waals surface area contributed by atoms with E-state index in [4.69, 9.17) is 18.9 Å². The summed E-state index contributed by atoms with van der Waals surface area (Å²) in [4.78, 5) is 0. The average molecular weight is 703 g/mol. The molecular weight excluding hydrogens is 662 g/mol. The number of nitrogens with zero attached hydrogens (tertiary/aromatic N) is 4. The van der Waals surface area contributed by atoms with E-state index in [1.807, 2.05) is 48.5 Å². The molecule has 0 bridgehead atoms. The van der Waals surface area contributed by atoms with Gasteiger partial charge in [0.2, 0.25) is 0 Å². The normalized spacial score (nSPS) is 10.7.